The zero-order valence-electron chi connectivity index (χ0n) is 14.4. The standard InChI is InChI=1S/C16H29N3O3/c1-15(2,3)22-14(21)19-8-6-16(12-17,7-9-19)10-13(20)11-18(4)5/h13,20H,6-11H2,1-5H3/t13-/m1/s1. The first-order chi connectivity index (χ1) is 10.1. The zero-order valence-corrected chi connectivity index (χ0v) is 14.4. The lowest BCUT2D eigenvalue weighted by atomic mass is 9.75. The monoisotopic (exact) mass is 311 g/mol. The molecule has 1 rings (SSSR count). The van der Waals surface area contributed by atoms with Crippen LogP contribution in [0, 0.1) is 16.7 Å². The summed E-state index contributed by atoms with van der Waals surface area (Å²) in [6, 6.07) is 2.37. The maximum atomic E-state index is 12.0. The molecule has 1 N–H and O–H groups in total. The molecule has 0 aliphatic carbocycles. The predicted octanol–water partition coefficient (Wildman–Crippen LogP) is 1.84. The summed E-state index contributed by atoms with van der Waals surface area (Å²) in [6.45, 7) is 7.05. The number of aliphatic hydroxyl groups is 1. The summed E-state index contributed by atoms with van der Waals surface area (Å²) in [5.74, 6) is 0. The molecular formula is C16H29N3O3. The number of piperidine rings is 1. The van der Waals surface area contributed by atoms with E-state index in [1.54, 1.807) is 4.90 Å². The first-order valence-electron chi connectivity index (χ1n) is 7.79. The number of ether oxygens (including phenoxy) is 1. The second-order valence-corrected chi connectivity index (χ2v) is 7.48. The van der Waals surface area contributed by atoms with Gasteiger partial charge in [-0.25, -0.2) is 4.79 Å². The van der Waals surface area contributed by atoms with Gasteiger partial charge in [0.1, 0.15) is 5.60 Å². The molecule has 0 aromatic carbocycles. The van der Waals surface area contributed by atoms with Gasteiger partial charge in [0.15, 0.2) is 0 Å². The Hall–Kier alpha value is -1.32. The molecule has 1 aliphatic rings. The number of carbonyl (C=O) groups excluding carboxylic acids is 1. The largest absolute Gasteiger partial charge is 0.444 e. The Labute approximate surface area is 133 Å². The predicted molar refractivity (Wildman–Crippen MR) is 84.3 cm³/mol. The van der Waals surface area contributed by atoms with E-state index in [4.69, 9.17) is 4.74 Å². The fourth-order valence-electron chi connectivity index (χ4n) is 2.74. The third-order valence-corrected chi connectivity index (χ3v) is 3.81. The fraction of sp³-hybridized carbons (Fsp3) is 0.875. The van der Waals surface area contributed by atoms with Crippen LogP contribution in [-0.4, -0.2) is 66.4 Å². The van der Waals surface area contributed by atoms with Crippen LogP contribution in [0.25, 0.3) is 0 Å². The van der Waals surface area contributed by atoms with Gasteiger partial charge in [-0.15, -0.1) is 0 Å². The van der Waals surface area contributed by atoms with Crippen LogP contribution in [0.1, 0.15) is 40.0 Å². The molecule has 6 nitrogen and oxygen atoms in total. The van der Waals surface area contributed by atoms with Gasteiger partial charge in [0, 0.05) is 19.6 Å². The van der Waals surface area contributed by atoms with Gasteiger partial charge >= 0.3 is 6.09 Å². The van der Waals surface area contributed by atoms with E-state index in [1.165, 1.54) is 0 Å². The minimum Gasteiger partial charge on any atom is -0.444 e. The third kappa shape index (κ3) is 5.82. The molecule has 0 bridgehead atoms. The average molecular weight is 311 g/mol. The number of hydrogen-bond donors (Lipinski definition) is 1. The number of rotatable bonds is 4. The first kappa shape index (κ1) is 18.7. The molecule has 1 aliphatic heterocycles. The second-order valence-electron chi connectivity index (χ2n) is 7.48. The van der Waals surface area contributed by atoms with E-state index in [-0.39, 0.29) is 6.09 Å². The van der Waals surface area contributed by atoms with Crippen LogP contribution >= 0.6 is 0 Å². The minimum absolute atomic E-state index is 0.326. The molecule has 1 heterocycles. The number of nitrogens with zero attached hydrogens (tertiary/aromatic N) is 3. The fourth-order valence-corrected chi connectivity index (χ4v) is 2.74. The summed E-state index contributed by atoms with van der Waals surface area (Å²) in [4.78, 5) is 15.6. The quantitative estimate of drug-likeness (QED) is 0.857. The zero-order chi connectivity index (χ0) is 17.0. The number of carbonyl (C=O) groups is 1. The molecular weight excluding hydrogens is 282 g/mol. The number of likely N-dealkylation sites (N-methyl/N-ethyl adjacent to an activating group) is 1. The summed E-state index contributed by atoms with van der Waals surface area (Å²) >= 11 is 0. The molecule has 1 atom stereocenters. The van der Waals surface area contributed by atoms with Crippen LogP contribution in [0.4, 0.5) is 4.79 Å². The molecule has 6 heteroatoms. The second kappa shape index (κ2) is 7.30. The van der Waals surface area contributed by atoms with Crippen molar-refractivity contribution in [2.75, 3.05) is 33.7 Å². The molecule has 0 aromatic rings. The van der Waals surface area contributed by atoms with Gasteiger partial charge < -0.3 is 19.6 Å². The van der Waals surface area contributed by atoms with E-state index in [1.807, 2.05) is 39.8 Å². The average Bonchev–Trinajstić information content (AvgIpc) is 2.36. The van der Waals surface area contributed by atoms with Gasteiger partial charge in [0.05, 0.1) is 17.6 Å². The number of amides is 1. The number of likely N-dealkylation sites (tertiary alicyclic amines) is 1. The molecule has 22 heavy (non-hydrogen) atoms. The minimum atomic E-state index is -0.548. The van der Waals surface area contributed by atoms with Crippen molar-refractivity contribution in [2.24, 2.45) is 5.41 Å². The molecule has 1 saturated heterocycles. The SMILES string of the molecule is CN(C)C[C@H](O)CC1(C#N)CCN(C(=O)OC(C)(C)C)CC1. The van der Waals surface area contributed by atoms with Gasteiger partial charge in [0.2, 0.25) is 0 Å². The van der Waals surface area contributed by atoms with Crippen molar-refractivity contribution in [2.45, 2.75) is 51.7 Å². The van der Waals surface area contributed by atoms with Gasteiger partial charge in [-0.05, 0) is 54.1 Å². The summed E-state index contributed by atoms with van der Waals surface area (Å²) in [5.41, 5.74) is -1.06. The van der Waals surface area contributed by atoms with Crippen molar-refractivity contribution < 1.29 is 14.6 Å². The van der Waals surface area contributed by atoms with Crippen LogP contribution in [-0.2, 0) is 4.74 Å². The van der Waals surface area contributed by atoms with E-state index in [0.29, 0.717) is 38.9 Å². The highest BCUT2D eigenvalue weighted by Gasteiger charge is 2.38. The molecule has 126 valence electrons. The lowest BCUT2D eigenvalue weighted by molar-refractivity contribution is 0.00890. The topological polar surface area (TPSA) is 76.8 Å². The molecule has 1 fully saturated rings. The van der Waals surface area contributed by atoms with Crippen molar-refractivity contribution in [3.8, 4) is 6.07 Å². The molecule has 0 unspecified atom stereocenters. The molecule has 0 aromatic heterocycles. The molecule has 0 radical (unpaired) electrons. The normalized spacial score (nSPS) is 19.6. The maximum absolute atomic E-state index is 12.0. The highest BCUT2D eigenvalue weighted by atomic mass is 16.6. The van der Waals surface area contributed by atoms with Crippen molar-refractivity contribution in [3.63, 3.8) is 0 Å². The van der Waals surface area contributed by atoms with E-state index in [2.05, 4.69) is 6.07 Å². The lowest BCUT2D eigenvalue weighted by Crippen LogP contribution is -2.46. The Kier molecular flexibility index (Phi) is 6.21. The van der Waals surface area contributed by atoms with Crippen molar-refractivity contribution in [3.05, 3.63) is 0 Å². The van der Waals surface area contributed by atoms with Crippen LogP contribution in [0.15, 0.2) is 0 Å². The summed E-state index contributed by atoms with van der Waals surface area (Å²) in [5, 5.41) is 19.6. The first-order valence-corrected chi connectivity index (χ1v) is 7.79. The van der Waals surface area contributed by atoms with E-state index in [0.717, 1.165) is 0 Å². The molecule has 1 amide bonds. The van der Waals surface area contributed by atoms with Crippen LogP contribution in [0.5, 0.6) is 0 Å². The van der Waals surface area contributed by atoms with Gasteiger partial charge in [-0.1, -0.05) is 0 Å². The van der Waals surface area contributed by atoms with E-state index >= 15 is 0 Å². The lowest BCUT2D eigenvalue weighted by Gasteiger charge is -2.38. The summed E-state index contributed by atoms with van der Waals surface area (Å²) in [7, 11) is 3.79. The summed E-state index contributed by atoms with van der Waals surface area (Å²) in [6.07, 6.45) is 0.750. The smallest absolute Gasteiger partial charge is 0.410 e. The Morgan fingerprint density at radius 2 is 1.95 bits per heavy atom. The molecule has 0 spiro atoms. The van der Waals surface area contributed by atoms with Crippen LogP contribution < -0.4 is 0 Å². The van der Waals surface area contributed by atoms with Crippen molar-refractivity contribution in [1.29, 1.82) is 5.26 Å². The number of hydrogen-bond acceptors (Lipinski definition) is 5. The van der Waals surface area contributed by atoms with Crippen molar-refractivity contribution in [1.82, 2.24) is 9.80 Å². The van der Waals surface area contributed by atoms with Crippen molar-refractivity contribution >= 4 is 6.09 Å². The Morgan fingerprint density at radius 3 is 2.36 bits per heavy atom. The summed E-state index contributed by atoms with van der Waals surface area (Å²) < 4.78 is 5.36. The Morgan fingerprint density at radius 1 is 1.41 bits per heavy atom. The number of aliphatic hydroxyl groups excluding tert-OH is 1. The van der Waals surface area contributed by atoms with Crippen LogP contribution in [0.2, 0.25) is 0 Å². The highest BCUT2D eigenvalue weighted by molar-refractivity contribution is 5.68. The van der Waals surface area contributed by atoms with Crippen LogP contribution in [0.3, 0.4) is 0 Å². The molecule has 0 saturated carbocycles. The highest BCUT2D eigenvalue weighted by Crippen LogP contribution is 2.36. The van der Waals surface area contributed by atoms with E-state index in [9.17, 15) is 15.2 Å². The van der Waals surface area contributed by atoms with Gasteiger partial charge in [-0.2, -0.15) is 5.26 Å². The van der Waals surface area contributed by atoms with Gasteiger partial charge in [-0.3, -0.25) is 0 Å². The van der Waals surface area contributed by atoms with E-state index < -0.39 is 17.1 Å². The van der Waals surface area contributed by atoms with Gasteiger partial charge in [0.25, 0.3) is 0 Å². The number of nitriles is 1. The Balaban J connectivity index is 2.57. The third-order valence-electron chi connectivity index (χ3n) is 3.81. The Bertz CT molecular complexity index is 415. The maximum Gasteiger partial charge on any atom is 0.410 e.